The largest absolute Gasteiger partial charge is 0.273 e. The second-order valence-electron chi connectivity index (χ2n) is 13.8. The molecule has 0 spiro atoms. The van der Waals surface area contributed by atoms with Crippen molar-refractivity contribution in [3.8, 4) is 11.1 Å². The average molecular weight is 809 g/mol. The minimum Gasteiger partial charge on any atom is -0.273 e. The predicted octanol–water partition coefficient (Wildman–Crippen LogP) is 12.6. The standard InChI is InChI=1S/C21H25.C15H8F6.C5H5.2ClH.Zr/c1-20(2,3)16-7-9-18-14(12-16)11-15-13-17(21(4,5)6)8-10-19(15)18;16-14(17,18)12-5-1-10(2-6-12)9-11-3-7-13(8-4-11)15(19,20)21;1-2-4-5-3-1;;;/h7-10,12H,11H2,1-6H3;1-8H;1-3H,4H2;2*1H;/q-1;;-1;;;+2. The third-order valence-corrected chi connectivity index (χ3v) is 9.47. The topological polar surface area (TPSA) is 0 Å². The molecule has 0 heterocycles. The second kappa shape index (κ2) is 17.2. The van der Waals surface area contributed by atoms with Crippen molar-refractivity contribution >= 4 is 28.0 Å². The Morgan fingerprint density at radius 3 is 1.48 bits per heavy atom. The van der Waals surface area contributed by atoms with Crippen LogP contribution >= 0.6 is 24.8 Å². The third-order valence-electron chi connectivity index (χ3n) is 8.05. The van der Waals surface area contributed by atoms with E-state index in [0.717, 1.165) is 61.3 Å². The number of hydrogen-bond donors (Lipinski definition) is 0. The van der Waals surface area contributed by atoms with Gasteiger partial charge in [0.2, 0.25) is 0 Å². The monoisotopic (exact) mass is 806 g/mol. The normalized spacial score (nSPS) is 13.1. The zero-order chi connectivity index (χ0) is 35.5. The van der Waals surface area contributed by atoms with Gasteiger partial charge in [0, 0.05) is 0 Å². The van der Waals surface area contributed by atoms with Gasteiger partial charge in [0.15, 0.2) is 0 Å². The number of allylic oxidation sites excluding steroid dienone is 4. The molecule has 9 heteroatoms. The van der Waals surface area contributed by atoms with Crippen LogP contribution < -0.4 is 0 Å². The van der Waals surface area contributed by atoms with Crippen molar-refractivity contribution in [3.05, 3.63) is 154 Å². The van der Waals surface area contributed by atoms with Gasteiger partial charge in [0.25, 0.3) is 0 Å². The summed E-state index contributed by atoms with van der Waals surface area (Å²) in [5, 5.41) is 0. The van der Waals surface area contributed by atoms with Crippen molar-refractivity contribution in [3.63, 3.8) is 0 Å². The van der Waals surface area contributed by atoms with Crippen LogP contribution in [0.5, 0.6) is 0 Å². The van der Waals surface area contributed by atoms with Gasteiger partial charge in [-0.25, -0.2) is 12.2 Å². The second-order valence-corrected chi connectivity index (χ2v) is 15.1. The molecule has 0 aromatic heterocycles. The van der Waals surface area contributed by atoms with E-state index in [4.69, 9.17) is 0 Å². The Bertz CT molecular complexity index is 1670. The first-order valence-corrected chi connectivity index (χ1v) is 16.8. The number of alkyl halides is 6. The van der Waals surface area contributed by atoms with Crippen molar-refractivity contribution in [2.24, 2.45) is 0 Å². The number of benzene rings is 4. The molecular formula is C41H40Cl2F6Zr. The molecule has 0 N–H and O–H groups in total. The van der Waals surface area contributed by atoms with Gasteiger partial charge in [-0.05, 0) is 28.4 Å². The molecular weight excluding hydrogens is 769 g/mol. The van der Waals surface area contributed by atoms with E-state index in [1.165, 1.54) is 57.6 Å². The van der Waals surface area contributed by atoms with Crippen LogP contribution in [0.2, 0.25) is 0 Å². The van der Waals surface area contributed by atoms with Gasteiger partial charge in [0.1, 0.15) is 0 Å². The van der Waals surface area contributed by atoms with Gasteiger partial charge in [-0.1, -0.05) is 65.3 Å². The molecule has 0 amide bonds. The van der Waals surface area contributed by atoms with E-state index in [0.29, 0.717) is 14.3 Å². The van der Waals surface area contributed by atoms with Gasteiger partial charge in [-0.15, -0.1) is 42.4 Å². The molecule has 4 aromatic rings. The summed E-state index contributed by atoms with van der Waals surface area (Å²) in [4.78, 5) is 0. The van der Waals surface area contributed by atoms with E-state index < -0.39 is 23.5 Å². The zero-order valence-electron chi connectivity index (χ0n) is 28.7. The summed E-state index contributed by atoms with van der Waals surface area (Å²) in [5.74, 6) is 0. The number of rotatable bonds is 2. The minimum atomic E-state index is -4.41. The fourth-order valence-electron chi connectivity index (χ4n) is 5.19. The van der Waals surface area contributed by atoms with Crippen LogP contribution in [0, 0.1) is 12.1 Å². The van der Waals surface area contributed by atoms with E-state index >= 15 is 0 Å². The third kappa shape index (κ3) is 11.4. The minimum absolute atomic E-state index is 0. The van der Waals surface area contributed by atoms with E-state index in [-0.39, 0.29) is 35.6 Å². The fourth-order valence-corrected chi connectivity index (χ4v) is 6.01. The molecule has 0 saturated carbocycles. The Labute approximate surface area is 319 Å². The molecule has 0 atom stereocenters. The molecule has 0 fully saturated rings. The molecule has 0 unspecified atom stereocenters. The number of fused-ring (bicyclic) bond motifs is 3. The molecule has 6 rings (SSSR count). The van der Waals surface area contributed by atoms with E-state index in [9.17, 15) is 26.3 Å². The first-order chi connectivity index (χ1) is 22.2. The zero-order valence-corrected chi connectivity index (χ0v) is 32.8. The van der Waals surface area contributed by atoms with Crippen LogP contribution in [0.15, 0.2) is 97.1 Å². The van der Waals surface area contributed by atoms with Crippen LogP contribution in [0.25, 0.3) is 11.1 Å². The molecule has 264 valence electrons. The summed E-state index contributed by atoms with van der Waals surface area (Å²) >= 11 is 0.898. The maximum atomic E-state index is 12.5. The SMILES string of the molecule is CC(C)(C)c1[c-]c2c(cc1)-c1ccc(C(C)(C)C)cc1C2.Cl.Cl.FC(F)(F)c1ccc([C](=[Zr+2])c2ccc(C(F)(F)F)cc2)cc1.[C-]1=CC=CC1. The first-order valence-electron chi connectivity index (χ1n) is 15.6. The Kier molecular flexibility index (Phi) is 14.9. The summed E-state index contributed by atoms with van der Waals surface area (Å²) in [5.41, 5.74) is 8.31. The maximum absolute atomic E-state index is 12.5. The average Bonchev–Trinajstić information content (AvgIpc) is 3.71. The van der Waals surface area contributed by atoms with Crippen LogP contribution in [0.3, 0.4) is 0 Å². The van der Waals surface area contributed by atoms with Gasteiger partial charge in [-0.2, -0.15) is 29.8 Å². The van der Waals surface area contributed by atoms with Gasteiger partial charge >= 0.3 is 137 Å². The molecule has 2 aliphatic rings. The van der Waals surface area contributed by atoms with Crippen molar-refractivity contribution in [2.45, 2.75) is 77.6 Å². The van der Waals surface area contributed by atoms with E-state index in [1.54, 1.807) is 0 Å². The van der Waals surface area contributed by atoms with Crippen LogP contribution in [-0.4, -0.2) is 3.21 Å². The van der Waals surface area contributed by atoms with E-state index in [1.807, 2.05) is 12.2 Å². The summed E-state index contributed by atoms with van der Waals surface area (Å²) in [6.07, 6.45) is 2.21. The quantitative estimate of drug-likeness (QED) is 0.123. The maximum Gasteiger partial charge on any atom is -0.109 e. The number of hydrogen-bond acceptors (Lipinski definition) is 0. The predicted molar refractivity (Wildman–Crippen MR) is 193 cm³/mol. The molecule has 0 bridgehead atoms. The summed E-state index contributed by atoms with van der Waals surface area (Å²) < 4.78 is 75.6. The summed E-state index contributed by atoms with van der Waals surface area (Å²) in [6.45, 7) is 13.6. The molecule has 0 saturated heterocycles. The molecule has 0 radical (unpaired) electrons. The molecule has 2 aliphatic carbocycles. The summed E-state index contributed by atoms with van der Waals surface area (Å²) in [6, 6.07) is 24.3. The van der Waals surface area contributed by atoms with E-state index in [2.05, 4.69) is 90.1 Å². The van der Waals surface area contributed by atoms with Crippen molar-refractivity contribution in [1.82, 2.24) is 0 Å². The van der Waals surface area contributed by atoms with Crippen LogP contribution in [0.1, 0.15) is 92.5 Å². The van der Waals surface area contributed by atoms with Gasteiger partial charge in [0.05, 0.1) is 0 Å². The van der Waals surface area contributed by atoms with Crippen molar-refractivity contribution in [2.75, 3.05) is 0 Å². The Morgan fingerprint density at radius 2 is 1.10 bits per heavy atom. The molecule has 4 aromatic carbocycles. The van der Waals surface area contributed by atoms with Crippen LogP contribution in [-0.2, 0) is 53.8 Å². The molecule has 50 heavy (non-hydrogen) atoms. The summed E-state index contributed by atoms with van der Waals surface area (Å²) in [7, 11) is 0. The van der Waals surface area contributed by atoms with Gasteiger partial charge in [-0.3, -0.25) is 6.08 Å². The Hall–Kier alpha value is -2.73. The van der Waals surface area contributed by atoms with Crippen LogP contribution in [0.4, 0.5) is 26.3 Å². The van der Waals surface area contributed by atoms with Crippen molar-refractivity contribution < 1.29 is 50.6 Å². The van der Waals surface area contributed by atoms with Crippen molar-refractivity contribution in [1.29, 1.82) is 0 Å². The Morgan fingerprint density at radius 1 is 0.620 bits per heavy atom. The fraction of sp³-hybridized carbons (Fsp3) is 0.293. The molecule has 0 aliphatic heterocycles. The smallest absolute Gasteiger partial charge is 0.109 e. The first kappa shape index (κ1) is 43.4. The Balaban J connectivity index is 0.000000293. The molecule has 0 nitrogen and oxygen atoms in total. The van der Waals surface area contributed by atoms with Gasteiger partial charge < -0.3 is 0 Å². The number of halogens is 8.